The molecule has 3 aromatic rings. The summed E-state index contributed by atoms with van der Waals surface area (Å²) in [5.74, 6) is 1.84. The van der Waals surface area contributed by atoms with Crippen molar-refractivity contribution in [2.24, 2.45) is 0 Å². The first kappa shape index (κ1) is 17.6. The van der Waals surface area contributed by atoms with E-state index in [4.69, 9.17) is 0 Å². The zero-order chi connectivity index (χ0) is 17.8. The van der Waals surface area contributed by atoms with E-state index in [2.05, 4.69) is 91.0 Å². The third kappa shape index (κ3) is 3.04. The molecule has 4 rings (SSSR count). The molecule has 3 heteroatoms. The zero-order valence-corrected chi connectivity index (χ0v) is 16.2. The molecule has 26 heavy (non-hydrogen) atoms. The van der Waals surface area contributed by atoms with E-state index in [0.717, 1.165) is 17.9 Å². The second kappa shape index (κ2) is 7.81. The first-order chi connectivity index (χ1) is 12.8. The van der Waals surface area contributed by atoms with E-state index in [1.54, 1.807) is 0 Å². The van der Waals surface area contributed by atoms with E-state index in [-0.39, 0.29) is 4.58 Å². The molecule has 0 radical (unpaired) electrons. The Hall–Kier alpha value is -1.84. The highest BCUT2D eigenvalue weighted by Crippen LogP contribution is 2.49. The largest absolute Gasteiger partial charge is 0.258 e. The van der Waals surface area contributed by atoms with Crippen molar-refractivity contribution in [2.45, 2.75) is 16.4 Å². The van der Waals surface area contributed by atoms with Gasteiger partial charge in [-0.1, -0.05) is 91.0 Å². The summed E-state index contributed by atoms with van der Waals surface area (Å²) >= 11 is 1.86. The molecule has 132 valence electrons. The van der Waals surface area contributed by atoms with Crippen LogP contribution in [0.1, 0.15) is 23.1 Å². The molecule has 1 aliphatic heterocycles. The van der Waals surface area contributed by atoms with Crippen LogP contribution in [0.2, 0.25) is 0 Å². The molecule has 0 spiro atoms. The van der Waals surface area contributed by atoms with E-state index in [1.807, 2.05) is 11.8 Å². The highest BCUT2D eigenvalue weighted by Gasteiger charge is 2.47. The molecular weight excluding hydrogens is 356 g/mol. The Morgan fingerprint density at radius 3 is 1.54 bits per heavy atom. The van der Waals surface area contributed by atoms with E-state index in [0.29, 0.717) is 0 Å². The summed E-state index contributed by atoms with van der Waals surface area (Å²) in [5, 5.41) is 0. The van der Waals surface area contributed by atoms with Crippen LogP contribution in [-0.4, -0.2) is 20.3 Å². The van der Waals surface area contributed by atoms with Crippen molar-refractivity contribution in [1.82, 2.24) is 0 Å². The fraction of sp³-hybridized carbons (Fsp3) is 0.217. The molecule has 1 nitrogen and oxygen atoms in total. The molecule has 1 heterocycles. The molecule has 2 atom stereocenters. The van der Waals surface area contributed by atoms with Crippen LogP contribution in [0, 0.1) is 0 Å². The quantitative estimate of drug-likeness (QED) is 0.578. The summed E-state index contributed by atoms with van der Waals surface area (Å²) in [5.41, 5.74) is 3.22. The van der Waals surface area contributed by atoms with Gasteiger partial charge in [-0.05, 0) is 28.9 Å². The van der Waals surface area contributed by atoms with Crippen LogP contribution in [0.5, 0.6) is 0 Å². The molecule has 0 saturated carbocycles. The fourth-order valence-corrected chi connectivity index (χ4v) is 7.90. The highest BCUT2D eigenvalue weighted by atomic mass is 32.2. The molecule has 0 bridgehead atoms. The minimum Gasteiger partial charge on any atom is -0.258 e. The number of hydrogen-bond donors (Lipinski definition) is 0. The summed E-state index contributed by atoms with van der Waals surface area (Å²) in [6.45, 7) is 0. The Morgan fingerprint density at radius 2 is 1.15 bits per heavy atom. The lowest BCUT2D eigenvalue weighted by atomic mass is 9.70. The van der Waals surface area contributed by atoms with Crippen LogP contribution in [0.4, 0.5) is 0 Å². The average molecular weight is 379 g/mol. The van der Waals surface area contributed by atoms with Gasteiger partial charge in [0.1, 0.15) is 0 Å². The van der Waals surface area contributed by atoms with Gasteiger partial charge >= 0.3 is 0 Å². The fourth-order valence-electron chi connectivity index (χ4n) is 3.91. The van der Waals surface area contributed by atoms with Crippen molar-refractivity contribution in [2.75, 3.05) is 11.5 Å². The molecule has 1 aliphatic rings. The van der Waals surface area contributed by atoms with Crippen LogP contribution >= 0.6 is 11.8 Å². The standard InChI is InChI=1S/C23H22OS2/c24-26-18-10-17-25-22(26)23(19-11-4-1-5-12-19,20-13-6-2-7-14-20)21-15-8-3-9-16-21/h1-9,11-16,22H,10,17-18H2/t22-,26?/m0/s1. The van der Waals surface area contributed by atoms with Crippen LogP contribution in [-0.2, 0) is 16.2 Å². The first-order valence-corrected chi connectivity index (χ1v) is 11.4. The molecule has 0 amide bonds. The molecular formula is C23H22OS2. The van der Waals surface area contributed by atoms with Crippen molar-refractivity contribution in [3.8, 4) is 0 Å². The molecule has 0 N–H and O–H groups in total. The molecule has 1 fully saturated rings. The second-order valence-corrected chi connectivity index (χ2v) is 9.70. The van der Waals surface area contributed by atoms with E-state index >= 15 is 0 Å². The van der Waals surface area contributed by atoms with Crippen LogP contribution in [0.25, 0.3) is 0 Å². The zero-order valence-electron chi connectivity index (χ0n) is 14.6. The number of thioether (sulfide) groups is 1. The Balaban J connectivity index is 2.05. The van der Waals surface area contributed by atoms with Crippen molar-refractivity contribution in [3.63, 3.8) is 0 Å². The maximum absolute atomic E-state index is 13.3. The van der Waals surface area contributed by atoms with Crippen LogP contribution in [0.15, 0.2) is 91.0 Å². The molecule has 1 unspecified atom stereocenters. The Labute approximate surface area is 162 Å². The van der Waals surface area contributed by atoms with Crippen molar-refractivity contribution in [3.05, 3.63) is 108 Å². The molecule has 1 saturated heterocycles. The van der Waals surface area contributed by atoms with E-state index < -0.39 is 16.2 Å². The molecule has 0 aliphatic carbocycles. The van der Waals surface area contributed by atoms with Crippen molar-refractivity contribution >= 4 is 22.6 Å². The SMILES string of the molecule is O=S1CCCS[C@@H]1C(c1ccccc1)(c1ccccc1)c1ccccc1. The van der Waals surface area contributed by atoms with Gasteiger partial charge in [0.25, 0.3) is 0 Å². The lowest BCUT2D eigenvalue weighted by molar-refractivity contribution is 0.632. The number of hydrogen-bond acceptors (Lipinski definition) is 2. The lowest BCUT2D eigenvalue weighted by Gasteiger charge is -2.43. The van der Waals surface area contributed by atoms with Gasteiger partial charge in [0.15, 0.2) is 0 Å². The highest BCUT2D eigenvalue weighted by molar-refractivity contribution is 8.12. The minimum atomic E-state index is -0.886. The summed E-state index contributed by atoms with van der Waals surface area (Å²) < 4.78 is 13.3. The second-order valence-electron chi connectivity index (χ2n) is 6.55. The van der Waals surface area contributed by atoms with Gasteiger partial charge in [0, 0.05) is 16.6 Å². The van der Waals surface area contributed by atoms with Gasteiger partial charge in [-0.15, -0.1) is 11.8 Å². The normalized spacial score (nSPS) is 20.6. The van der Waals surface area contributed by atoms with Gasteiger partial charge in [-0.2, -0.15) is 0 Å². The summed E-state index contributed by atoms with van der Waals surface area (Å²) in [4.78, 5) is 0. The predicted octanol–water partition coefficient (Wildman–Crippen LogP) is 5.23. The Kier molecular flexibility index (Phi) is 5.28. The molecule has 0 aromatic heterocycles. The van der Waals surface area contributed by atoms with Crippen LogP contribution < -0.4 is 0 Å². The predicted molar refractivity (Wildman–Crippen MR) is 113 cm³/mol. The van der Waals surface area contributed by atoms with Crippen molar-refractivity contribution in [1.29, 1.82) is 0 Å². The summed E-state index contributed by atoms with van der Waals surface area (Å²) in [6.07, 6.45) is 1.03. The van der Waals surface area contributed by atoms with Gasteiger partial charge in [-0.3, -0.25) is 4.21 Å². The summed E-state index contributed by atoms with van der Waals surface area (Å²) in [7, 11) is -0.886. The average Bonchev–Trinajstić information content (AvgIpc) is 2.72. The number of benzene rings is 3. The topological polar surface area (TPSA) is 17.1 Å². The van der Waals surface area contributed by atoms with Gasteiger partial charge in [0.2, 0.25) is 0 Å². The first-order valence-electron chi connectivity index (χ1n) is 8.99. The van der Waals surface area contributed by atoms with Gasteiger partial charge in [-0.25, -0.2) is 0 Å². The monoisotopic (exact) mass is 378 g/mol. The minimum absolute atomic E-state index is 0.00319. The maximum atomic E-state index is 13.3. The summed E-state index contributed by atoms with van der Waals surface area (Å²) in [6, 6.07) is 31.8. The van der Waals surface area contributed by atoms with Gasteiger partial charge < -0.3 is 0 Å². The number of rotatable bonds is 4. The smallest absolute Gasteiger partial charge is 0.0978 e. The Bertz CT molecular complexity index is 766. The third-order valence-electron chi connectivity index (χ3n) is 5.04. The van der Waals surface area contributed by atoms with E-state index in [9.17, 15) is 4.21 Å². The van der Waals surface area contributed by atoms with Crippen LogP contribution in [0.3, 0.4) is 0 Å². The third-order valence-corrected chi connectivity index (χ3v) is 8.79. The maximum Gasteiger partial charge on any atom is 0.0978 e. The Morgan fingerprint density at radius 1 is 0.731 bits per heavy atom. The molecule has 3 aromatic carbocycles. The van der Waals surface area contributed by atoms with Crippen molar-refractivity contribution < 1.29 is 4.21 Å². The van der Waals surface area contributed by atoms with E-state index in [1.165, 1.54) is 16.7 Å². The lowest BCUT2D eigenvalue weighted by Crippen LogP contribution is -2.44. The van der Waals surface area contributed by atoms with Gasteiger partial charge in [0.05, 0.1) is 10.00 Å².